The van der Waals surface area contributed by atoms with E-state index in [1.54, 1.807) is 18.1 Å². The lowest BCUT2D eigenvalue weighted by atomic mass is 9.95. The number of amides is 1. The van der Waals surface area contributed by atoms with Crippen LogP contribution in [-0.4, -0.2) is 29.9 Å². The summed E-state index contributed by atoms with van der Waals surface area (Å²) in [4.78, 5) is 13.8. The largest absolute Gasteiger partial charge is 0.354 e. The molecular weight excluding hydrogens is 260 g/mol. The van der Waals surface area contributed by atoms with Crippen molar-refractivity contribution in [1.29, 1.82) is 0 Å². The highest BCUT2D eigenvalue weighted by Crippen LogP contribution is 2.34. The number of likely N-dealkylation sites (tertiary alicyclic amines) is 1. The maximum absolute atomic E-state index is 11.2. The van der Waals surface area contributed by atoms with E-state index in [4.69, 9.17) is 0 Å². The van der Waals surface area contributed by atoms with Crippen LogP contribution in [0, 0.1) is 0 Å². The van der Waals surface area contributed by atoms with Crippen LogP contribution in [-0.2, 0) is 11.2 Å². The third-order valence-electron chi connectivity index (χ3n) is 4.97. The maximum atomic E-state index is 11.2. The predicted octanol–water partition coefficient (Wildman–Crippen LogP) is 3.05. The fraction of sp³-hybridized carbons (Fsp3) is 0.611. The Morgan fingerprint density at radius 3 is 2.67 bits per heavy atom. The topological polar surface area (TPSA) is 32.3 Å². The Morgan fingerprint density at radius 2 is 1.90 bits per heavy atom. The third-order valence-corrected chi connectivity index (χ3v) is 4.97. The lowest BCUT2D eigenvalue weighted by Gasteiger charge is -2.38. The Hall–Kier alpha value is -1.35. The van der Waals surface area contributed by atoms with Crippen molar-refractivity contribution in [2.75, 3.05) is 13.1 Å². The first-order valence-electron chi connectivity index (χ1n) is 8.33. The van der Waals surface area contributed by atoms with Gasteiger partial charge in [0.25, 0.3) is 0 Å². The molecule has 1 aromatic rings. The Morgan fingerprint density at radius 1 is 1.14 bits per heavy atom. The molecule has 0 radical (unpaired) electrons. The van der Waals surface area contributed by atoms with E-state index in [0.29, 0.717) is 12.1 Å². The van der Waals surface area contributed by atoms with Gasteiger partial charge in [-0.15, -0.1) is 0 Å². The molecule has 3 nitrogen and oxygen atoms in total. The molecule has 1 unspecified atom stereocenters. The molecule has 0 aromatic heterocycles. The predicted molar refractivity (Wildman–Crippen MR) is 85.1 cm³/mol. The second-order valence-corrected chi connectivity index (χ2v) is 6.47. The van der Waals surface area contributed by atoms with Gasteiger partial charge in [0.1, 0.15) is 0 Å². The zero-order chi connectivity index (χ0) is 14.7. The van der Waals surface area contributed by atoms with Crippen molar-refractivity contribution >= 4 is 5.91 Å². The number of nitrogens with one attached hydrogen (secondary N) is 1. The highest BCUT2D eigenvalue weighted by Gasteiger charge is 2.28. The molecule has 1 fully saturated rings. The summed E-state index contributed by atoms with van der Waals surface area (Å²) in [6, 6.07) is 9.94. The molecule has 1 saturated heterocycles. The maximum Gasteiger partial charge on any atom is 0.217 e. The number of carbonyl (C=O) groups is 1. The molecule has 3 rings (SSSR count). The SMILES string of the molecule is CC(=O)NC1CCN(C2CCCCc3ccccc32)CC1. The molecule has 1 aromatic carbocycles. The van der Waals surface area contributed by atoms with E-state index in [1.807, 2.05) is 0 Å². The van der Waals surface area contributed by atoms with Gasteiger partial charge in [-0.3, -0.25) is 9.69 Å². The summed E-state index contributed by atoms with van der Waals surface area (Å²) in [5.41, 5.74) is 3.09. The monoisotopic (exact) mass is 286 g/mol. The van der Waals surface area contributed by atoms with Crippen molar-refractivity contribution in [3.63, 3.8) is 0 Å². The van der Waals surface area contributed by atoms with Crippen molar-refractivity contribution in [2.24, 2.45) is 0 Å². The van der Waals surface area contributed by atoms with E-state index < -0.39 is 0 Å². The van der Waals surface area contributed by atoms with Crippen LogP contribution in [0.1, 0.15) is 56.2 Å². The number of carbonyl (C=O) groups excluding carboxylic acids is 1. The van der Waals surface area contributed by atoms with Crippen LogP contribution in [0.3, 0.4) is 0 Å². The molecule has 0 spiro atoms. The van der Waals surface area contributed by atoms with Gasteiger partial charge in [-0.25, -0.2) is 0 Å². The molecule has 1 atom stereocenters. The van der Waals surface area contributed by atoms with E-state index in [-0.39, 0.29) is 5.91 Å². The summed E-state index contributed by atoms with van der Waals surface area (Å²) in [5.74, 6) is 0.105. The van der Waals surface area contributed by atoms with Gasteiger partial charge >= 0.3 is 0 Å². The molecule has 114 valence electrons. The van der Waals surface area contributed by atoms with Gasteiger partial charge in [0.05, 0.1) is 0 Å². The van der Waals surface area contributed by atoms with E-state index >= 15 is 0 Å². The molecule has 21 heavy (non-hydrogen) atoms. The molecule has 1 amide bonds. The van der Waals surface area contributed by atoms with E-state index in [1.165, 1.54) is 25.7 Å². The van der Waals surface area contributed by atoms with Crippen molar-refractivity contribution in [3.05, 3.63) is 35.4 Å². The number of piperidine rings is 1. The number of hydrogen-bond donors (Lipinski definition) is 1. The zero-order valence-corrected chi connectivity index (χ0v) is 13.0. The Balaban J connectivity index is 1.69. The minimum Gasteiger partial charge on any atom is -0.354 e. The van der Waals surface area contributed by atoms with Crippen LogP contribution in [0.2, 0.25) is 0 Å². The van der Waals surface area contributed by atoms with Gasteiger partial charge < -0.3 is 5.32 Å². The molecule has 2 aliphatic rings. The quantitative estimate of drug-likeness (QED) is 0.848. The second kappa shape index (κ2) is 6.61. The van der Waals surface area contributed by atoms with Gasteiger partial charge in [0.2, 0.25) is 5.91 Å². The first kappa shape index (κ1) is 14.6. The zero-order valence-electron chi connectivity index (χ0n) is 13.0. The van der Waals surface area contributed by atoms with Crippen LogP contribution < -0.4 is 5.32 Å². The summed E-state index contributed by atoms with van der Waals surface area (Å²) in [6.07, 6.45) is 7.31. The number of rotatable bonds is 2. The molecule has 1 aliphatic carbocycles. The first-order valence-corrected chi connectivity index (χ1v) is 8.33. The minimum absolute atomic E-state index is 0.105. The number of aryl methyl sites for hydroxylation is 1. The van der Waals surface area contributed by atoms with Gasteiger partial charge in [-0.2, -0.15) is 0 Å². The highest BCUT2D eigenvalue weighted by atomic mass is 16.1. The standard InChI is InChI=1S/C18H26N2O/c1-14(21)19-16-10-12-20(13-11-16)18-9-5-3-7-15-6-2-4-8-17(15)18/h2,4,6,8,16,18H,3,5,7,9-13H2,1H3,(H,19,21). The highest BCUT2D eigenvalue weighted by molar-refractivity contribution is 5.73. The van der Waals surface area contributed by atoms with Gasteiger partial charge in [0, 0.05) is 32.1 Å². The molecule has 0 saturated carbocycles. The van der Waals surface area contributed by atoms with E-state index in [0.717, 1.165) is 25.9 Å². The van der Waals surface area contributed by atoms with E-state index in [9.17, 15) is 4.79 Å². The lowest BCUT2D eigenvalue weighted by molar-refractivity contribution is -0.120. The molecular formula is C18H26N2O. The fourth-order valence-electron chi connectivity index (χ4n) is 3.92. The molecule has 0 bridgehead atoms. The van der Waals surface area contributed by atoms with Gasteiger partial charge in [-0.05, 0) is 43.2 Å². The summed E-state index contributed by atoms with van der Waals surface area (Å²) < 4.78 is 0. The third kappa shape index (κ3) is 3.46. The van der Waals surface area contributed by atoms with Crippen molar-refractivity contribution in [2.45, 2.75) is 57.5 Å². The fourth-order valence-corrected chi connectivity index (χ4v) is 3.92. The summed E-state index contributed by atoms with van der Waals surface area (Å²) in [5, 5.41) is 3.07. The molecule has 3 heteroatoms. The lowest BCUT2D eigenvalue weighted by Crippen LogP contribution is -2.45. The normalized spacial score (nSPS) is 24.1. The first-order chi connectivity index (χ1) is 10.2. The average Bonchev–Trinajstić information content (AvgIpc) is 2.70. The number of fused-ring (bicyclic) bond motifs is 1. The Labute approximate surface area is 127 Å². The van der Waals surface area contributed by atoms with Crippen LogP contribution in [0.15, 0.2) is 24.3 Å². The minimum atomic E-state index is 0.105. The van der Waals surface area contributed by atoms with Gasteiger partial charge in [-0.1, -0.05) is 30.7 Å². The van der Waals surface area contributed by atoms with Crippen LogP contribution in [0.5, 0.6) is 0 Å². The average molecular weight is 286 g/mol. The Kier molecular flexibility index (Phi) is 4.59. The molecule has 1 N–H and O–H groups in total. The van der Waals surface area contributed by atoms with Crippen LogP contribution in [0.4, 0.5) is 0 Å². The smallest absolute Gasteiger partial charge is 0.217 e. The Bertz CT molecular complexity index is 492. The van der Waals surface area contributed by atoms with Crippen LogP contribution in [0.25, 0.3) is 0 Å². The number of nitrogens with zero attached hydrogens (tertiary/aromatic N) is 1. The van der Waals surface area contributed by atoms with Crippen molar-refractivity contribution in [3.8, 4) is 0 Å². The number of hydrogen-bond acceptors (Lipinski definition) is 2. The number of benzene rings is 1. The van der Waals surface area contributed by atoms with Crippen molar-refractivity contribution in [1.82, 2.24) is 10.2 Å². The van der Waals surface area contributed by atoms with Gasteiger partial charge in [0.15, 0.2) is 0 Å². The molecule has 1 aliphatic heterocycles. The second-order valence-electron chi connectivity index (χ2n) is 6.47. The summed E-state index contributed by atoms with van der Waals surface area (Å²) in [6.45, 7) is 3.82. The van der Waals surface area contributed by atoms with Crippen molar-refractivity contribution < 1.29 is 4.79 Å². The van der Waals surface area contributed by atoms with E-state index in [2.05, 4.69) is 34.5 Å². The van der Waals surface area contributed by atoms with Crippen LogP contribution >= 0.6 is 0 Å². The molecule has 1 heterocycles. The summed E-state index contributed by atoms with van der Waals surface area (Å²) >= 11 is 0. The summed E-state index contributed by atoms with van der Waals surface area (Å²) in [7, 11) is 0.